The van der Waals surface area contributed by atoms with Crippen molar-refractivity contribution in [2.75, 3.05) is 31.1 Å². The molecule has 1 saturated carbocycles. The average molecular weight is 729 g/mol. The Morgan fingerprint density at radius 2 is 1.69 bits per heavy atom. The van der Waals surface area contributed by atoms with Gasteiger partial charge in [-0.05, 0) is 68.5 Å². The molecule has 1 aromatic heterocycles. The molecule has 3 aliphatic heterocycles. The van der Waals surface area contributed by atoms with Crippen LogP contribution in [0.5, 0.6) is 5.75 Å². The van der Waals surface area contributed by atoms with Gasteiger partial charge >= 0.3 is 0 Å². The van der Waals surface area contributed by atoms with Crippen molar-refractivity contribution in [2.45, 2.75) is 63.3 Å². The van der Waals surface area contributed by atoms with Crippen molar-refractivity contribution in [3.05, 3.63) is 81.3 Å². The number of carbonyl (C=O) groups excluding carboxylic acids is 5. The summed E-state index contributed by atoms with van der Waals surface area (Å²) in [5.74, 6) is -2.33. The lowest BCUT2D eigenvalue weighted by Crippen LogP contribution is -2.54. The fraction of sp³-hybridized carbons (Fsp3) is 0.389. The molecule has 4 aliphatic rings. The molecule has 1 atom stereocenters. The smallest absolute Gasteiger partial charge is 0.272 e. The molecular weight excluding hydrogens is 695 g/mol. The molecule has 0 radical (unpaired) electrons. The van der Waals surface area contributed by atoms with Crippen LogP contribution in [0.2, 0.25) is 5.02 Å². The van der Waals surface area contributed by atoms with Crippen molar-refractivity contribution >= 4 is 47.0 Å². The second-order valence-electron chi connectivity index (χ2n) is 13.3. The number of aromatic nitrogens is 2. The summed E-state index contributed by atoms with van der Waals surface area (Å²) in [6, 6.07) is 11.7. The maximum Gasteiger partial charge on any atom is 0.272 e. The highest BCUT2D eigenvalue weighted by Crippen LogP contribution is 2.31. The lowest BCUT2D eigenvalue weighted by molar-refractivity contribution is -0.136. The lowest BCUT2D eigenvalue weighted by Gasteiger charge is -2.35. The number of fused-ring (bicyclic) bond motifs is 1. The second kappa shape index (κ2) is 14.6. The van der Waals surface area contributed by atoms with Crippen molar-refractivity contribution in [3.8, 4) is 11.8 Å². The Bertz CT molecular complexity index is 1990. The van der Waals surface area contributed by atoms with Crippen LogP contribution in [0, 0.1) is 17.1 Å². The maximum absolute atomic E-state index is 15.2. The molecule has 14 nitrogen and oxygen atoms in total. The van der Waals surface area contributed by atoms with Gasteiger partial charge in [-0.25, -0.2) is 4.39 Å². The summed E-state index contributed by atoms with van der Waals surface area (Å²) in [5, 5.41) is 23.1. The number of nitrogens with zero attached hydrogens (tertiary/aromatic N) is 6. The first-order chi connectivity index (χ1) is 25.1. The fourth-order valence-electron chi connectivity index (χ4n) is 7.08. The molecule has 3 aromatic rings. The van der Waals surface area contributed by atoms with E-state index in [0.29, 0.717) is 48.3 Å². The summed E-state index contributed by atoms with van der Waals surface area (Å²) in [6.45, 7) is 2.44. The van der Waals surface area contributed by atoms with Gasteiger partial charge in [-0.3, -0.25) is 39.1 Å². The van der Waals surface area contributed by atoms with Crippen molar-refractivity contribution < 1.29 is 33.1 Å². The van der Waals surface area contributed by atoms with E-state index >= 15 is 4.39 Å². The number of piperidine rings is 1. The first kappa shape index (κ1) is 35.0. The quantitative estimate of drug-likeness (QED) is 0.326. The molecule has 1 aliphatic carbocycles. The zero-order valence-corrected chi connectivity index (χ0v) is 28.7. The molecule has 4 heterocycles. The fourth-order valence-corrected chi connectivity index (χ4v) is 7.30. The van der Waals surface area contributed by atoms with E-state index in [-0.39, 0.29) is 59.8 Å². The Kier molecular flexibility index (Phi) is 9.85. The summed E-state index contributed by atoms with van der Waals surface area (Å²) >= 11 is 6.12. The predicted molar refractivity (Wildman–Crippen MR) is 183 cm³/mol. The number of hydrogen-bond donors (Lipinski definition) is 2. The molecule has 7 rings (SSSR count). The second-order valence-corrected chi connectivity index (χ2v) is 13.7. The SMILES string of the molecule is N#Cc1ccc(OC2CCC(NC(=O)c3ccc(N4CCN(Cc5cc6c(cc5F)C(=O)N(C5CCC(=O)NC5=O)C6=O)CC4)nn3)CC2)cc1Cl. The molecule has 0 bridgehead atoms. The number of hydrogen-bond acceptors (Lipinski definition) is 11. The van der Waals surface area contributed by atoms with Crippen LogP contribution < -0.4 is 20.3 Å². The zero-order valence-electron chi connectivity index (χ0n) is 27.9. The Morgan fingerprint density at radius 3 is 2.35 bits per heavy atom. The number of amides is 5. The normalized spacial score (nSPS) is 22.1. The topological polar surface area (TPSA) is 178 Å². The number of anilines is 1. The van der Waals surface area contributed by atoms with Crippen LogP contribution >= 0.6 is 11.6 Å². The van der Waals surface area contributed by atoms with Gasteiger partial charge < -0.3 is 15.0 Å². The van der Waals surface area contributed by atoms with Crippen LogP contribution in [0.3, 0.4) is 0 Å². The van der Waals surface area contributed by atoms with Gasteiger partial charge in [-0.2, -0.15) is 5.26 Å². The third-order valence-corrected chi connectivity index (χ3v) is 10.3. The number of halogens is 2. The van der Waals surface area contributed by atoms with Gasteiger partial charge in [0.2, 0.25) is 11.8 Å². The Morgan fingerprint density at radius 1 is 0.962 bits per heavy atom. The van der Waals surface area contributed by atoms with Gasteiger partial charge in [0.25, 0.3) is 17.7 Å². The monoisotopic (exact) mass is 728 g/mol. The summed E-state index contributed by atoms with van der Waals surface area (Å²) < 4.78 is 21.2. The van der Waals surface area contributed by atoms with Crippen molar-refractivity contribution in [1.82, 2.24) is 30.6 Å². The van der Waals surface area contributed by atoms with E-state index in [1.807, 2.05) is 15.9 Å². The molecule has 5 amide bonds. The van der Waals surface area contributed by atoms with Gasteiger partial charge in [0.05, 0.1) is 27.8 Å². The first-order valence-corrected chi connectivity index (χ1v) is 17.5. The van der Waals surface area contributed by atoms with Crippen LogP contribution in [-0.2, 0) is 16.1 Å². The van der Waals surface area contributed by atoms with E-state index < -0.39 is 35.5 Å². The molecule has 3 fully saturated rings. The number of piperazine rings is 1. The van der Waals surface area contributed by atoms with Crippen molar-refractivity contribution in [1.29, 1.82) is 5.26 Å². The van der Waals surface area contributed by atoms with Gasteiger partial charge in [0, 0.05) is 56.8 Å². The van der Waals surface area contributed by atoms with Gasteiger partial charge in [0.1, 0.15) is 23.7 Å². The van der Waals surface area contributed by atoms with Crippen LogP contribution in [0.4, 0.5) is 10.2 Å². The highest BCUT2D eigenvalue weighted by Gasteiger charge is 2.45. The predicted octanol–water partition coefficient (Wildman–Crippen LogP) is 2.98. The molecule has 52 heavy (non-hydrogen) atoms. The first-order valence-electron chi connectivity index (χ1n) is 17.1. The largest absolute Gasteiger partial charge is 0.490 e. The minimum Gasteiger partial charge on any atom is -0.490 e. The molecule has 2 saturated heterocycles. The van der Waals surface area contributed by atoms with E-state index in [4.69, 9.17) is 21.6 Å². The molecular formula is C36H34ClFN8O6. The highest BCUT2D eigenvalue weighted by atomic mass is 35.5. The molecule has 0 spiro atoms. The third kappa shape index (κ3) is 7.17. The third-order valence-electron chi connectivity index (χ3n) is 9.95. The van der Waals surface area contributed by atoms with Gasteiger partial charge in [-0.1, -0.05) is 11.6 Å². The van der Waals surface area contributed by atoms with E-state index in [2.05, 4.69) is 20.8 Å². The number of ether oxygens (including phenoxy) is 1. The molecule has 2 N–H and O–H groups in total. The van der Waals surface area contributed by atoms with E-state index in [0.717, 1.165) is 36.6 Å². The van der Waals surface area contributed by atoms with E-state index in [1.54, 1.807) is 30.3 Å². The molecule has 268 valence electrons. The number of imide groups is 2. The number of carbonyl (C=O) groups is 5. The van der Waals surface area contributed by atoms with E-state index in [1.165, 1.54) is 6.07 Å². The number of benzene rings is 2. The summed E-state index contributed by atoms with van der Waals surface area (Å²) in [5.41, 5.74) is 0.803. The standard InChI is InChI=1S/C36H34ClFN8O6/c37-27-16-24(4-1-20(27)18-39)52-23-5-2-22(3-6-23)40-33(48)29-7-9-31(43-42-29)45-13-11-44(12-14-45)19-21-15-25-26(17-28(21)38)36(51)46(35(25)50)30-8-10-32(47)41-34(30)49/h1,4,7,9,15-17,22-23,30H,2-3,5-6,8,10-14,19H2,(H,40,48)(H,41,47,49). The summed E-state index contributed by atoms with van der Waals surface area (Å²) in [4.78, 5) is 67.9. The Labute approximate surface area is 302 Å². The minimum absolute atomic E-state index is 0.000789. The van der Waals surface area contributed by atoms with Crippen molar-refractivity contribution in [3.63, 3.8) is 0 Å². The number of rotatable bonds is 8. The summed E-state index contributed by atoms with van der Waals surface area (Å²) in [7, 11) is 0. The molecule has 16 heteroatoms. The maximum atomic E-state index is 15.2. The zero-order chi connectivity index (χ0) is 36.5. The number of nitrogens with one attached hydrogen (secondary N) is 2. The van der Waals surface area contributed by atoms with E-state index in [9.17, 15) is 24.0 Å². The van der Waals surface area contributed by atoms with Gasteiger partial charge in [-0.15, -0.1) is 10.2 Å². The molecule has 1 unspecified atom stereocenters. The van der Waals surface area contributed by atoms with Crippen LogP contribution in [0.15, 0.2) is 42.5 Å². The Balaban J connectivity index is 0.882. The highest BCUT2D eigenvalue weighted by molar-refractivity contribution is 6.31. The lowest BCUT2D eigenvalue weighted by atomic mass is 9.93. The van der Waals surface area contributed by atoms with Crippen molar-refractivity contribution in [2.24, 2.45) is 0 Å². The number of nitriles is 1. The van der Waals surface area contributed by atoms with Crippen LogP contribution in [-0.4, -0.2) is 93.9 Å². The Hall–Kier alpha value is -5.46. The molecule has 2 aromatic carbocycles. The van der Waals surface area contributed by atoms with Gasteiger partial charge in [0.15, 0.2) is 11.5 Å². The minimum atomic E-state index is -1.12. The average Bonchev–Trinajstić information content (AvgIpc) is 3.37. The summed E-state index contributed by atoms with van der Waals surface area (Å²) in [6.07, 6.45) is 2.98. The van der Waals surface area contributed by atoms with Crippen LogP contribution in [0.1, 0.15) is 80.9 Å². The van der Waals surface area contributed by atoms with Crippen LogP contribution in [0.25, 0.3) is 0 Å².